The van der Waals surface area contributed by atoms with Crippen molar-refractivity contribution >= 4 is 70.1 Å². The Labute approximate surface area is 281 Å². The van der Waals surface area contributed by atoms with Gasteiger partial charge in [0.25, 0.3) is 11.8 Å². The summed E-state index contributed by atoms with van der Waals surface area (Å²) in [5.41, 5.74) is 4.12. The Morgan fingerprint density at radius 1 is 0.717 bits per heavy atom. The van der Waals surface area contributed by atoms with Crippen LogP contribution in [-0.2, 0) is 9.59 Å². The largest absolute Gasteiger partial charge is 0.323 e. The maximum atomic E-state index is 13.5. The van der Waals surface area contributed by atoms with E-state index < -0.39 is 17.1 Å². The van der Waals surface area contributed by atoms with E-state index in [4.69, 9.17) is 23.2 Å². The van der Waals surface area contributed by atoms with E-state index in [1.807, 2.05) is 79.7 Å². The van der Waals surface area contributed by atoms with Gasteiger partial charge in [0.05, 0.1) is 15.7 Å². The van der Waals surface area contributed by atoms with Crippen molar-refractivity contribution in [3.8, 4) is 0 Å². The van der Waals surface area contributed by atoms with Gasteiger partial charge in [-0.15, -0.1) is 11.8 Å². The number of anilines is 2. The highest BCUT2D eigenvalue weighted by Gasteiger charge is 2.23. The molecule has 6 nitrogen and oxygen atoms in total. The number of hydrogen-bond donors (Lipinski definition) is 3. The average molecular weight is 667 g/mol. The first kappa shape index (κ1) is 32.6. The van der Waals surface area contributed by atoms with Crippen LogP contribution < -0.4 is 16.0 Å². The molecule has 0 saturated carbocycles. The van der Waals surface area contributed by atoms with Crippen LogP contribution in [0, 0.1) is 6.92 Å². The minimum atomic E-state index is -0.603. The molecule has 5 rings (SSSR count). The zero-order valence-electron chi connectivity index (χ0n) is 24.7. The van der Waals surface area contributed by atoms with E-state index in [0.717, 1.165) is 21.6 Å². The molecule has 46 heavy (non-hydrogen) atoms. The van der Waals surface area contributed by atoms with Crippen LogP contribution in [0.3, 0.4) is 0 Å². The molecule has 3 N–H and O–H groups in total. The van der Waals surface area contributed by atoms with Gasteiger partial charge in [0.2, 0.25) is 5.91 Å². The van der Waals surface area contributed by atoms with Crippen molar-refractivity contribution in [2.75, 3.05) is 10.6 Å². The lowest BCUT2D eigenvalue weighted by Gasteiger charge is -2.18. The Balaban J connectivity index is 1.33. The lowest BCUT2D eigenvalue weighted by molar-refractivity contribution is -0.116. The molecule has 0 spiro atoms. The summed E-state index contributed by atoms with van der Waals surface area (Å²) < 4.78 is 0. The first-order chi connectivity index (χ1) is 22.3. The minimum absolute atomic E-state index is 0.0941. The second-order valence-corrected chi connectivity index (χ2v) is 12.2. The second kappa shape index (κ2) is 15.5. The fraction of sp³-hybridized carbons (Fsp3) is 0.0541. The average Bonchev–Trinajstić information content (AvgIpc) is 3.07. The van der Waals surface area contributed by atoms with E-state index in [1.54, 1.807) is 60.7 Å². The molecule has 9 heteroatoms. The molecule has 0 bridgehead atoms. The van der Waals surface area contributed by atoms with Crippen LogP contribution in [0.1, 0.15) is 32.3 Å². The Morgan fingerprint density at radius 3 is 2.04 bits per heavy atom. The number of nitrogens with one attached hydrogen (secondary N) is 3. The van der Waals surface area contributed by atoms with Crippen LogP contribution in [0.2, 0.25) is 10.0 Å². The topological polar surface area (TPSA) is 87.3 Å². The third kappa shape index (κ3) is 8.67. The minimum Gasteiger partial charge on any atom is -0.323 e. The molecule has 0 heterocycles. The van der Waals surface area contributed by atoms with Crippen molar-refractivity contribution in [2.24, 2.45) is 0 Å². The number of amides is 3. The van der Waals surface area contributed by atoms with E-state index in [-0.39, 0.29) is 16.6 Å². The molecule has 0 aliphatic rings. The van der Waals surface area contributed by atoms with Crippen LogP contribution >= 0.6 is 35.0 Å². The summed E-state index contributed by atoms with van der Waals surface area (Å²) in [5, 5.41) is 8.53. The maximum absolute atomic E-state index is 13.5. The molecule has 3 amide bonds. The van der Waals surface area contributed by atoms with Crippen LogP contribution in [0.25, 0.3) is 6.08 Å². The van der Waals surface area contributed by atoms with Crippen molar-refractivity contribution in [1.82, 2.24) is 5.32 Å². The molecular formula is C37H29Cl2N3O3S. The SMILES string of the molecule is Cc1ccc(/C=C(\NC(=O)c2ccccc2)C(=O)Nc2ccc(SC(C(=O)Nc3cccc(Cl)c3Cl)c3ccccc3)cc2)cc1. The Hall–Kier alpha value is -4.82. The predicted octanol–water partition coefficient (Wildman–Crippen LogP) is 9.18. The van der Waals surface area contributed by atoms with E-state index in [2.05, 4.69) is 16.0 Å². The van der Waals surface area contributed by atoms with E-state index in [9.17, 15) is 14.4 Å². The van der Waals surface area contributed by atoms with Gasteiger partial charge in [-0.1, -0.05) is 108 Å². The van der Waals surface area contributed by atoms with Gasteiger partial charge in [-0.25, -0.2) is 0 Å². The summed E-state index contributed by atoms with van der Waals surface area (Å²) in [6.07, 6.45) is 1.63. The van der Waals surface area contributed by atoms with Crippen molar-refractivity contribution in [2.45, 2.75) is 17.1 Å². The van der Waals surface area contributed by atoms with Crippen LogP contribution in [0.4, 0.5) is 11.4 Å². The number of benzene rings is 5. The summed E-state index contributed by atoms with van der Waals surface area (Å²) in [5.74, 6) is -1.15. The highest BCUT2D eigenvalue weighted by Crippen LogP contribution is 2.38. The van der Waals surface area contributed by atoms with Crippen molar-refractivity contribution in [3.05, 3.63) is 165 Å². The molecule has 0 aliphatic heterocycles. The molecule has 0 aliphatic carbocycles. The maximum Gasteiger partial charge on any atom is 0.272 e. The Kier molecular flexibility index (Phi) is 10.9. The third-order valence-corrected chi connectivity index (χ3v) is 8.92. The second-order valence-electron chi connectivity index (χ2n) is 10.3. The zero-order chi connectivity index (χ0) is 32.5. The van der Waals surface area contributed by atoms with E-state index in [1.165, 1.54) is 11.8 Å². The number of rotatable bonds is 10. The van der Waals surface area contributed by atoms with Crippen LogP contribution in [0.5, 0.6) is 0 Å². The van der Waals surface area contributed by atoms with Gasteiger partial charge in [0.15, 0.2) is 0 Å². The van der Waals surface area contributed by atoms with Gasteiger partial charge in [-0.05, 0) is 72.7 Å². The van der Waals surface area contributed by atoms with Gasteiger partial charge < -0.3 is 16.0 Å². The first-order valence-corrected chi connectivity index (χ1v) is 15.9. The lowest BCUT2D eigenvalue weighted by Crippen LogP contribution is -2.30. The van der Waals surface area contributed by atoms with Gasteiger partial charge in [0, 0.05) is 16.1 Å². The molecule has 0 radical (unpaired) electrons. The number of hydrogen-bond acceptors (Lipinski definition) is 4. The fourth-order valence-corrected chi connectivity index (χ4v) is 5.79. The van der Waals surface area contributed by atoms with E-state index in [0.29, 0.717) is 22.0 Å². The monoisotopic (exact) mass is 665 g/mol. The van der Waals surface area contributed by atoms with E-state index >= 15 is 0 Å². The molecular weight excluding hydrogens is 637 g/mol. The predicted molar refractivity (Wildman–Crippen MR) is 188 cm³/mol. The van der Waals surface area contributed by atoms with Crippen molar-refractivity contribution in [3.63, 3.8) is 0 Å². The van der Waals surface area contributed by atoms with Gasteiger partial charge in [-0.3, -0.25) is 14.4 Å². The highest BCUT2D eigenvalue weighted by molar-refractivity contribution is 8.00. The number of carbonyl (C=O) groups excluding carboxylic acids is 3. The Morgan fingerprint density at radius 2 is 1.37 bits per heavy atom. The van der Waals surface area contributed by atoms with Crippen LogP contribution in [-0.4, -0.2) is 17.7 Å². The number of aryl methyl sites for hydroxylation is 1. The molecule has 5 aromatic carbocycles. The molecule has 5 aromatic rings. The quantitative estimate of drug-likeness (QED) is 0.103. The standard InChI is InChI=1S/C37H29Cl2N3O3S/c1-24-15-17-25(18-16-24)23-32(42-35(43)27-11-6-3-7-12-27)36(44)40-28-19-21-29(22-20-28)46-34(26-9-4-2-5-10-26)37(45)41-31-14-8-13-30(38)33(31)39/h2-23,34H,1H3,(H,40,44)(H,41,45)(H,42,43)/b32-23-. The fourth-order valence-electron chi connectivity index (χ4n) is 4.42. The lowest BCUT2D eigenvalue weighted by atomic mass is 10.1. The zero-order valence-corrected chi connectivity index (χ0v) is 27.0. The Bertz CT molecular complexity index is 1860. The smallest absolute Gasteiger partial charge is 0.272 e. The summed E-state index contributed by atoms with van der Waals surface area (Å²) in [6.45, 7) is 1.98. The molecule has 230 valence electrons. The molecule has 0 saturated heterocycles. The van der Waals surface area contributed by atoms with Gasteiger partial charge in [-0.2, -0.15) is 0 Å². The molecule has 0 fully saturated rings. The van der Waals surface area contributed by atoms with Crippen molar-refractivity contribution in [1.29, 1.82) is 0 Å². The number of carbonyl (C=O) groups is 3. The number of thioether (sulfide) groups is 1. The molecule has 1 atom stereocenters. The molecule has 0 aromatic heterocycles. The van der Waals surface area contributed by atoms with Gasteiger partial charge >= 0.3 is 0 Å². The molecule has 1 unspecified atom stereocenters. The summed E-state index contributed by atoms with van der Waals surface area (Å²) in [6, 6.07) is 37.9. The number of halogens is 2. The normalized spacial score (nSPS) is 11.8. The summed E-state index contributed by atoms with van der Waals surface area (Å²) in [7, 11) is 0. The summed E-state index contributed by atoms with van der Waals surface area (Å²) in [4.78, 5) is 40.7. The highest BCUT2D eigenvalue weighted by atomic mass is 35.5. The summed E-state index contributed by atoms with van der Waals surface area (Å²) >= 11 is 13.8. The van der Waals surface area contributed by atoms with Crippen LogP contribution in [0.15, 0.2) is 138 Å². The van der Waals surface area contributed by atoms with Crippen molar-refractivity contribution < 1.29 is 14.4 Å². The third-order valence-electron chi connectivity index (χ3n) is 6.83. The first-order valence-electron chi connectivity index (χ1n) is 14.3. The van der Waals surface area contributed by atoms with Gasteiger partial charge in [0.1, 0.15) is 10.9 Å².